The largest absolute Gasteiger partial charge is 0.506 e. The molecule has 0 radical (unpaired) electrons. The SMILES string of the molecule is Oc1ccc(N=Nc2ccc3n[nH]nc3c2)c2cccnc12. The number of phenols is 1. The number of aromatic amines is 1. The zero-order valence-corrected chi connectivity index (χ0v) is 11.3. The fourth-order valence-corrected chi connectivity index (χ4v) is 2.23. The minimum atomic E-state index is 0.124. The molecule has 7 heteroatoms. The first kappa shape index (κ1) is 12.4. The van der Waals surface area contributed by atoms with E-state index in [0.29, 0.717) is 16.9 Å². The highest BCUT2D eigenvalue weighted by molar-refractivity contribution is 5.93. The van der Waals surface area contributed by atoms with Crippen LogP contribution in [0, 0.1) is 0 Å². The van der Waals surface area contributed by atoms with Crippen LogP contribution in [0.25, 0.3) is 21.9 Å². The second-order valence-corrected chi connectivity index (χ2v) is 4.70. The van der Waals surface area contributed by atoms with Crippen molar-refractivity contribution in [3.8, 4) is 5.75 Å². The van der Waals surface area contributed by atoms with Gasteiger partial charge in [-0.2, -0.15) is 20.5 Å². The molecular formula is C15H10N6O. The lowest BCUT2D eigenvalue weighted by molar-refractivity contribution is 0.480. The molecule has 0 aliphatic carbocycles. The van der Waals surface area contributed by atoms with Crippen molar-refractivity contribution in [2.24, 2.45) is 10.2 Å². The van der Waals surface area contributed by atoms with Crippen LogP contribution >= 0.6 is 0 Å². The summed E-state index contributed by atoms with van der Waals surface area (Å²) in [6.07, 6.45) is 1.63. The second-order valence-electron chi connectivity index (χ2n) is 4.70. The fraction of sp³-hybridized carbons (Fsp3) is 0. The van der Waals surface area contributed by atoms with Crippen LogP contribution < -0.4 is 0 Å². The van der Waals surface area contributed by atoms with Crippen LogP contribution in [0.1, 0.15) is 0 Å². The van der Waals surface area contributed by atoms with Crippen molar-refractivity contribution in [3.63, 3.8) is 0 Å². The predicted molar refractivity (Wildman–Crippen MR) is 81.5 cm³/mol. The van der Waals surface area contributed by atoms with Gasteiger partial charge in [0.25, 0.3) is 0 Å². The number of aromatic nitrogens is 4. The Labute approximate surface area is 124 Å². The van der Waals surface area contributed by atoms with Crippen LogP contribution in [0.4, 0.5) is 11.4 Å². The molecule has 0 aliphatic rings. The van der Waals surface area contributed by atoms with E-state index in [4.69, 9.17) is 0 Å². The maximum Gasteiger partial charge on any atom is 0.141 e. The quantitative estimate of drug-likeness (QED) is 0.550. The number of nitrogens with one attached hydrogen (secondary N) is 1. The molecule has 4 rings (SSSR count). The summed E-state index contributed by atoms with van der Waals surface area (Å²) in [5.74, 6) is 0.124. The third-order valence-electron chi connectivity index (χ3n) is 3.30. The Morgan fingerprint density at radius 3 is 2.82 bits per heavy atom. The fourth-order valence-electron chi connectivity index (χ4n) is 2.23. The molecule has 2 N–H and O–H groups in total. The molecule has 0 unspecified atom stereocenters. The number of aromatic hydroxyl groups is 1. The number of H-pyrrole nitrogens is 1. The van der Waals surface area contributed by atoms with Crippen LogP contribution in [0.2, 0.25) is 0 Å². The Bertz CT molecular complexity index is 1010. The highest BCUT2D eigenvalue weighted by atomic mass is 16.3. The van der Waals surface area contributed by atoms with Gasteiger partial charge in [0.15, 0.2) is 0 Å². The van der Waals surface area contributed by atoms with Gasteiger partial charge in [-0.25, -0.2) is 0 Å². The number of hydrogen-bond donors (Lipinski definition) is 2. The van der Waals surface area contributed by atoms with E-state index in [9.17, 15) is 5.11 Å². The third-order valence-corrected chi connectivity index (χ3v) is 3.30. The molecule has 0 amide bonds. The average Bonchev–Trinajstić information content (AvgIpc) is 3.02. The molecule has 4 aromatic rings. The van der Waals surface area contributed by atoms with Crippen molar-refractivity contribution in [2.75, 3.05) is 0 Å². The van der Waals surface area contributed by atoms with Crippen molar-refractivity contribution >= 4 is 33.3 Å². The van der Waals surface area contributed by atoms with Gasteiger partial charge in [0.2, 0.25) is 0 Å². The molecule has 0 atom stereocenters. The Kier molecular flexibility index (Phi) is 2.75. The zero-order valence-electron chi connectivity index (χ0n) is 11.3. The lowest BCUT2D eigenvalue weighted by Gasteiger charge is -2.02. The standard InChI is InChI=1S/C15H10N6O/c22-14-6-5-11(10-2-1-7-16-15(10)14)18-17-9-3-4-12-13(8-9)20-21-19-12/h1-8,22H,(H,19,20,21). The van der Waals surface area contributed by atoms with Crippen molar-refractivity contribution in [2.45, 2.75) is 0 Å². The Morgan fingerprint density at radius 2 is 1.86 bits per heavy atom. The Hall–Kier alpha value is -3.35. The van der Waals surface area contributed by atoms with E-state index < -0.39 is 0 Å². The number of azo groups is 1. The normalized spacial score (nSPS) is 11.6. The third kappa shape index (κ3) is 2.05. The van der Waals surface area contributed by atoms with Crippen LogP contribution in [0.15, 0.2) is 58.9 Å². The summed E-state index contributed by atoms with van der Waals surface area (Å²) in [6, 6.07) is 12.3. The lowest BCUT2D eigenvalue weighted by Crippen LogP contribution is -1.79. The van der Waals surface area contributed by atoms with Gasteiger partial charge in [-0.3, -0.25) is 4.98 Å². The van der Waals surface area contributed by atoms with E-state index in [1.165, 1.54) is 0 Å². The minimum absolute atomic E-state index is 0.124. The summed E-state index contributed by atoms with van der Waals surface area (Å²) < 4.78 is 0. The van der Waals surface area contributed by atoms with Gasteiger partial charge in [0.1, 0.15) is 22.3 Å². The molecular weight excluding hydrogens is 280 g/mol. The molecule has 0 saturated heterocycles. The summed E-state index contributed by atoms with van der Waals surface area (Å²) in [5.41, 5.74) is 3.32. The van der Waals surface area contributed by atoms with Crippen molar-refractivity contribution in [1.29, 1.82) is 0 Å². The van der Waals surface area contributed by atoms with Gasteiger partial charge in [0.05, 0.1) is 11.4 Å². The maximum atomic E-state index is 9.82. The lowest BCUT2D eigenvalue weighted by atomic mass is 10.2. The van der Waals surface area contributed by atoms with Gasteiger partial charge in [-0.1, -0.05) is 0 Å². The summed E-state index contributed by atoms with van der Waals surface area (Å²) in [6.45, 7) is 0. The Morgan fingerprint density at radius 1 is 0.955 bits per heavy atom. The summed E-state index contributed by atoms with van der Waals surface area (Å²) in [4.78, 5) is 4.16. The summed E-state index contributed by atoms with van der Waals surface area (Å²) in [5, 5.41) is 29.6. The highest BCUT2D eigenvalue weighted by Crippen LogP contribution is 2.32. The molecule has 22 heavy (non-hydrogen) atoms. The first-order valence-corrected chi connectivity index (χ1v) is 6.60. The molecule has 2 heterocycles. The molecule has 7 nitrogen and oxygen atoms in total. The highest BCUT2D eigenvalue weighted by Gasteiger charge is 2.05. The molecule has 0 spiro atoms. The van der Waals surface area contributed by atoms with Gasteiger partial charge < -0.3 is 5.11 Å². The van der Waals surface area contributed by atoms with E-state index in [-0.39, 0.29) is 5.75 Å². The van der Waals surface area contributed by atoms with Crippen molar-refractivity contribution < 1.29 is 5.11 Å². The predicted octanol–water partition coefficient (Wildman–Crippen LogP) is 3.63. The molecule has 0 saturated carbocycles. The van der Waals surface area contributed by atoms with E-state index in [1.807, 2.05) is 18.2 Å². The van der Waals surface area contributed by atoms with E-state index in [0.717, 1.165) is 16.4 Å². The molecule has 0 fully saturated rings. The van der Waals surface area contributed by atoms with Gasteiger partial charge in [-0.15, -0.1) is 5.11 Å². The first-order chi connectivity index (χ1) is 10.8. The molecule has 2 aromatic heterocycles. The number of hydrogen-bond acceptors (Lipinski definition) is 6. The van der Waals surface area contributed by atoms with E-state index in [2.05, 4.69) is 30.6 Å². The van der Waals surface area contributed by atoms with Gasteiger partial charge >= 0.3 is 0 Å². The number of benzene rings is 2. The smallest absolute Gasteiger partial charge is 0.141 e. The number of pyridine rings is 1. The molecule has 2 aromatic carbocycles. The van der Waals surface area contributed by atoms with Gasteiger partial charge in [0, 0.05) is 11.6 Å². The van der Waals surface area contributed by atoms with E-state index >= 15 is 0 Å². The number of nitrogens with zero attached hydrogens (tertiary/aromatic N) is 5. The van der Waals surface area contributed by atoms with Crippen LogP contribution in [-0.4, -0.2) is 25.5 Å². The molecule has 0 aliphatic heterocycles. The first-order valence-electron chi connectivity index (χ1n) is 6.60. The number of rotatable bonds is 2. The van der Waals surface area contributed by atoms with E-state index in [1.54, 1.807) is 30.5 Å². The van der Waals surface area contributed by atoms with Gasteiger partial charge in [-0.05, 0) is 42.5 Å². The van der Waals surface area contributed by atoms with Crippen molar-refractivity contribution in [1.82, 2.24) is 20.4 Å². The maximum absolute atomic E-state index is 9.82. The van der Waals surface area contributed by atoms with Crippen molar-refractivity contribution in [3.05, 3.63) is 48.7 Å². The van der Waals surface area contributed by atoms with Crippen LogP contribution in [0.5, 0.6) is 5.75 Å². The topological polar surface area (TPSA) is 99.4 Å². The average molecular weight is 290 g/mol. The zero-order chi connectivity index (χ0) is 14.9. The van der Waals surface area contributed by atoms with Crippen LogP contribution in [0.3, 0.4) is 0 Å². The number of phenolic OH excluding ortho intramolecular Hbond substituents is 1. The number of fused-ring (bicyclic) bond motifs is 2. The summed E-state index contributed by atoms with van der Waals surface area (Å²) >= 11 is 0. The summed E-state index contributed by atoms with van der Waals surface area (Å²) in [7, 11) is 0. The Balaban J connectivity index is 1.78. The molecule has 106 valence electrons. The monoisotopic (exact) mass is 290 g/mol. The molecule has 0 bridgehead atoms. The van der Waals surface area contributed by atoms with Crippen LogP contribution in [-0.2, 0) is 0 Å². The minimum Gasteiger partial charge on any atom is -0.506 e. The second kappa shape index (κ2) is 4.88.